The molecule has 1 heterocycles. The summed E-state index contributed by atoms with van der Waals surface area (Å²) in [5.74, 6) is 0. The smallest absolute Gasteiger partial charge is 0.399 e. The molecule has 2 atom stereocenters. The highest BCUT2D eigenvalue weighted by Gasteiger charge is 2.38. The van der Waals surface area contributed by atoms with Crippen molar-refractivity contribution in [1.29, 1.82) is 0 Å². The number of hydrogen-bond acceptors (Lipinski definition) is 3. The van der Waals surface area contributed by atoms with Crippen LogP contribution in [0.15, 0.2) is 18.2 Å². The second-order valence-corrected chi connectivity index (χ2v) is 5.79. The number of alkyl halides is 3. The number of nitrogen functional groups attached to an aromatic ring is 1. The number of halogens is 3. The zero-order chi connectivity index (χ0) is 15.0. The Morgan fingerprint density at radius 3 is 2.86 bits per heavy atom. The molecule has 116 valence electrons. The normalized spacial score (nSPS) is 26.8. The Morgan fingerprint density at radius 1 is 1.29 bits per heavy atom. The van der Waals surface area contributed by atoms with Crippen molar-refractivity contribution in [2.24, 2.45) is 0 Å². The van der Waals surface area contributed by atoms with Gasteiger partial charge >= 0.3 is 6.18 Å². The molecule has 0 spiro atoms. The molecule has 2 unspecified atom stereocenters. The average Bonchev–Trinajstić information content (AvgIpc) is 2.89. The third-order valence-corrected chi connectivity index (χ3v) is 4.41. The third-order valence-electron chi connectivity index (χ3n) is 4.41. The Bertz CT molecular complexity index is 518. The van der Waals surface area contributed by atoms with Crippen molar-refractivity contribution in [2.45, 2.75) is 44.1 Å². The van der Waals surface area contributed by atoms with Gasteiger partial charge in [0.05, 0.1) is 18.3 Å². The molecule has 1 saturated carbocycles. The van der Waals surface area contributed by atoms with Gasteiger partial charge in [0.2, 0.25) is 0 Å². The van der Waals surface area contributed by atoms with Crippen LogP contribution in [-0.2, 0) is 17.5 Å². The molecule has 0 bridgehead atoms. The molecule has 2 N–H and O–H groups in total. The molecule has 2 aliphatic rings. The lowest BCUT2D eigenvalue weighted by molar-refractivity contribution is -0.138. The van der Waals surface area contributed by atoms with Crippen LogP contribution >= 0.6 is 0 Å². The van der Waals surface area contributed by atoms with E-state index >= 15 is 0 Å². The molecule has 1 aromatic carbocycles. The second kappa shape index (κ2) is 5.50. The maximum absolute atomic E-state index is 13.2. The SMILES string of the molecule is Nc1ccc(CN2CCOC3CCCC32)c(C(F)(F)F)c1. The standard InChI is InChI=1S/C15H19F3N2O/c16-15(17,18)12-8-11(19)5-4-10(12)9-20-6-7-21-14-3-1-2-13(14)20/h4-5,8,13-14H,1-3,6-7,9,19H2. The van der Waals surface area contributed by atoms with Crippen molar-refractivity contribution in [3.63, 3.8) is 0 Å². The maximum Gasteiger partial charge on any atom is 0.416 e. The van der Waals surface area contributed by atoms with Gasteiger partial charge in [-0.3, -0.25) is 4.90 Å². The molecule has 21 heavy (non-hydrogen) atoms. The first kappa shape index (κ1) is 14.7. The summed E-state index contributed by atoms with van der Waals surface area (Å²) in [6.07, 6.45) is -1.09. The van der Waals surface area contributed by atoms with E-state index in [-0.39, 0.29) is 17.8 Å². The van der Waals surface area contributed by atoms with E-state index in [9.17, 15) is 13.2 Å². The molecule has 3 nitrogen and oxygen atoms in total. The topological polar surface area (TPSA) is 38.5 Å². The Kier molecular flexibility index (Phi) is 3.84. The summed E-state index contributed by atoms with van der Waals surface area (Å²) in [5, 5.41) is 0. The van der Waals surface area contributed by atoms with Gasteiger partial charge in [-0.25, -0.2) is 0 Å². The fourth-order valence-electron chi connectivity index (χ4n) is 3.42. The van der Waals surface area contributed by atoms with E-state index in [0.717, 1.165) is 25.3 Å². The van der Waals surface area contributed by atoms with E-state index in [1.807, 2.05) is 0 Å². The average molecular weight is 300 g/mol. The number of benzene rings is 1. The summed E-state index contributed by atoms with van der Waals surface area (Å²) in [5.41, 5.74) is 5.33. The highest BCUT2D eigenvalue weighted by molar-refractivity contribution is 5.46. The molecule has 2 fully saturated rings. The minimum Gasteiger partial charge on any atom is -0.399 e. The van der Waals surface area contributed by atoms with Crippen LogP contribution in [0.3, 0.4) is 0 Å². The fourth-order valence-corrected chi connectivity index (χ4v) is 3.42. The van der Waals surface area contributed by atoms with Crippen LogP contribution in [0.5, 0.6) is 0 Å². The third kappa shape index (κ3) is 3.01. The Hall–Kier alpha value is -1.27. The number of morpholine rings is 1. The van der Waals surface area contributed by atoms with E-state index in [2.05, 4.69) is 4.90 Å². The largest absolute Gasteiger partial charge is 0.416 e. The van der Waals surface area contributed by atoms with Gasteiger partial charge in [-0.2, -0.15) is 13.2 Å². The number of anilines is 1. The Morgan fingerprint density at radius 2 is 2.10 bits per heavy atom. The van der Waals surface area contributed by atoms with Gasteiger partial charge in [-0.05, 0) is 37.0 Å². The lowest BCUT2D eigenvalue weighted by Gasteiger charge is -2.38. The number of fused-ring (bicyclic) bond motifs is 1. The number of nitrogens with two attached hydrogens (primary N) is 1. The molecule has 1 saturated heterocycles. The van der Waals surface area contributed by atoms with Crippen molar-refractivity contribution >= 4 is 5.69 Å². The van der Waals surface area contributed by atoms with Gasteiger partial charge in [-0.15, -0.1) is 0 Å². The van der Waals surface area contributed by atoms with Crippen LogP contribution in [0.4, 0.5) is 18.9 Å². The van der Waals surface area contributed by atoms with Crippen LogP contribution in [-0.4, -0.2) is 30.2 Å². The van der Waals surface area contributed by atoms with Gasteiger partial charge in [0, 0.05) is 24.8 Å². The predicted molar refractivity (Wildman–Crippen MR) is 73.6 cm³/mol. The molecule has 1 aliphatic heterocycles. The quantitative estimate of drug-likeness (QED) is 0.853. The van der Waals surface area contributed by atoms with Gasteiger partial charge < -0.3 is 10.5 Å². The Balaban J connectivity index is 1.84. The van der Waals surface area contributed by atoms with E-state index in [1.165, 1.54) is 12.1 Å². The lowest BCUT2D eigenvalue weighted by Crippen LogP contribution is -2.48. The molecule has 3 rings (SSSR count). The van der Waals surface area contributed by atoms with Crippen LogP contribution in [0.2, 0.25) is 0 Å². The van der Waals surface area contributed by atoms with Crippen molar-refractivity contribution in [3.8, 4) is 0 Å². The van der Waals surface area contributed by atoms with Crippen LogP contribution in [0.1, 0.15) is 30.4 Å². The molecule has 0 amide bonds. The highest BCUT2D eigenvalue weighted by Crippen LogP contribution is 2.36. The van der Waals surface area contributed by atoms with E-state index in [4.69, 9.17) is 10.5 Å². The summed E-state index contributed by atoms with van der Waals surface area (Å²) in [6.45, 7) is 1.58. The van der Waals surface area contributed by atoms with Gasteiger partial charge in [-0.1, -0.05) is 6.07 Å². The van der Waals surface area contributed by atoms with Crippen LogP contribution in [0, 0.1) is 0 Å². The summed E-state index contributed by atoms with van der Waals surface area (Å²) in [7, 11) is 0. The molecular formula is C15H19F3N2O. The monoisotopic (exact) mass is 300 g/mol. The fraction of sp³-hybridized carbons (Fsp3) is 0.600. The van der Waals surface area contributed by atoms with Gasteiger partial charge in [0.25, 0.3) is 0 Å². The lowest BCUT2D eigenvalue weighted by atomic mass is 10.0. The zero-order valence-corrected chi connectivity index (χ0v) is 11.7. The van der Waals surface area contributed by atoms with E-state index < -0.39 is 11.7 Å². The molecule has 0 aromatic heterocycles. The number of ether oxygens (including phenoxy) is 1. The minimum absolute atomic E-state index is 0.145. The first-order chi connectivity index (χ1) is 9.95. The predicted octanol–water partition coefficient (Wildman–Crippen LogP) is 3.04. The Labute approximate surface area is 121 Å². The zero-order valence-electron chi connectivity index (χ0n) is 11.7. The van der Waals surface area contributed by atoms with Crippen molar-refractivity contribution in [2.75, 3.05) is 18.9 Å². The first-order valence-electron chi connectivity index (χ1n) is 7.26. The summed E-state index contributed by atoms with van der Waals surface area (Å²) >= 11 is 0. The molecule has 6 heteroatoms. The molecular weight excluding hydrogens is 281 g/mol. The highest BCUT2D eigenvalue weighted by atomic mass is 19.4. The molecule has 1 aliphatic carbocycles. The van der Waals surface area contributed by atoms with Crippen LogP contribution < -0.4 is 5.73 Å². The van der Waals surface area contributed by atoms with Crippen LogP contribution in [0.25, 0.3) is 0 Å². The first-order valence-corrected chi connectivity index (χ1v) is 7.26. The molecule has 1 aromatic rings. The summed E-state index contributed by atoms with van der Waals surface area (Å²) in [4.78, 5) is 2.13. The number of rotatable bonds is 2. The second-order valence-electron chi connectivity index (χ2n) is 5.79. The van der Waals surface area contributed by atoms with Gasteiger partial charge in [0.15, 0.2) is 0 Å². The van der Waals surface area contributed by atoms with E-state index in [0.29, 0.717) is 25.3 Å². The van der Waals surface area contributed by atoms with Crippen molar-refractivity contribution in [3.05, 3.63) is 29.3 Å². The minimum atomic E-state index is -4.37. The summed E-state index contributed by atoms with van der Waals surface area (Å²) in [6, 6.07) is 4.31. The van der Waals surface area contributed by atoms with Crippen molar-refractivity contribution in [1.82, 2.24) is 4.90 Å². The van der Waals surface area contributed by atoms with E-state index in [1.54, 1.807) is 0 Å². The van der Waals surface area contributed by atoms with Crippen molar-refractivity contribution < 1.29 is 17.9 Å². The summed E-state index contributed by atoms with van der Waals surface area (Å²) < 4.78 is 45.2. The maximum atomic E-state index is 13.2. The number of nitrogens with zero attached hydrogens (tertiary/aromatic N) is 1. The molecule has 0 radical (unpaired) electrons. The van der Waals surface area contributed by atoms with Gasteiger partial charge in [0.1, 0.15) is 0 Å². The number of hydrogen-bond donors (Lipinski definition) is 1.